The fourth-order valence-corrected chi connectivity index (χ4v) is 3.13. The summed E-state index contributed by atoms with van der Waals surface area (Å²) in [4.78, 5) is 1.24. The summed E-state index contributed by atoms with van der Waals surface area (Å²) in [5, 5.41) is 0. The van der Waals surface area contributed by atoms with Crippen molar-refractivity contribution in [3.05, 3.63) is 58.1 Å². The molecule has 0 aliphatic rings. The van der Waals surface area contributed by atoms with Crippen LogP contribution in [0.3, 0.4) is 0 Å². The molecule has 0 radical (unpaired) electrons. The molecule has 0 unspecified atom stereocenters. The van der Waals surface area contributed by atoms with E-state index in [1.807, 2.05) is 12.1 Å². The molecule has 2 rings (SSSR count). The monoisotopic (exact) mass is 337 g/mol. The van der Waals surface area contributed by atoms with Crippen molar-refractivity contribution in [2.45, 2.75) is 17.2 Å². The van der Waals surface area contributed by atoms with Crippen LogP contribution >= 0.6 is 27.7 Å². The molecule has 2 nitrogen and oxygen atoms in total. The van der Waals surface area contributed by atoms with E-state index in [4.69, 9.17) is 10.5 Å². The van der Waals surface area contributed by atoms with E-state index in [1.165, 1.54) is 10.5 Å². The highest BCUT2D eigenvalue weighted by Gasteiger charge is 2.03. The van der Waals surface area contributed by atoms with Gasteiger partial charge in [0.1, 0.15) is 5.75 Å². The molecule has 0 saturated carbocycles. The zero-order valence-corrected chi connectivity index (χ0v) is 13.1. The van der Waals surface area contributed by atoms with E-state index in [1.54, 1.807) is 18.9 Å². The number of ether oxygens (including phenoxy) is 1. The zero-order chi connectivity index (χ0) is 13.7. The molecule has 4 heteroatoms. The molecule has 0 aliphatic heterocycles. The Bertz CT molecular complexity index is 542. The Hall–Kier alpha value is -0.970. The maximum absolute atomic E-state index is 5.59. The second kappa shape index (κ2) is 6.98. The summed E-state index contributed by atoms with van der Waals surface area (Å²) in [5.41, 5.74) is 7.98. The molecule has 0 saturated heterocycles. The first kappa shape index (κ1) is 14.4. The molecule has 0 aliphatic carbocycles. The average Bonchev–Trinajstić information content (AvgIpc) is 2.47. The van der Waals surface area contributed by atoms with Crippen molar-refractivity contribution >= 4 is 27.7 Å². The van der Waals surface area contributed by atoms with Gasteiger partial charge in [0.2, 0.25) is 0 Å². The van der Waals surface area contributed by atoms with Gasteiger partial charge in [0.15, 0.2) is 0 Å². The fraction of sp³-hybridized carbons (Fsp3) is 0.200. The highest BCUT2D eigenvalue weighted by molar-refractivity contribution is 9.10. The van der Waals surface area contributed by atoms with Crippen LogP contribution in [0.1, 0.15) is 11.1 Å². The van der Waals surface area contributed by atoms with Crippen molar-refractivity contribution in [1.82, 2.24) is 0 Å². The summed E-state index contributed by atoms with van der Waals surface area (Å²) >= 11 is 5.37. The molecule has 100 valence electrons. The molecular formula is C15H16BrNOS. The number of benzene rings is 2. The SMILES string of the molecule is COc1ccc(Br)c(CSc2ccc(CN)cc2)c1. The molecule has 2 N–H and O–H groups in total. The van der Waals surface area contributed by atoms with Gasteiger partial charge >= 0.3 is 0 Å². The van der Waals surface area contributed by atoms with Crippen LogP contribution in [0.15, 0.2) is 51.8 Å². The Kier molecular flexibility index (Phi) is 5.31. The summed E-state index contributed by atoms with van der Waals surface area (Å²) in [5.74, 6) is 1.79. The predicted octanol–water partition coefficient (Wildman–Crippen LogP) is 4.21. The third-order valence-corrected chi connectivity index (χ3v) is 4.64. The van der Waals surface area contributed by atoms with E-state index >= 15 is 0 Å². The normalized spacial score (nSPS) is 10.5. The van der Waals surface area contributed by atoms with E-state index in [0.29, 0.717) is 6.54 Å². The first-order chi connectivity index (χ1) is 9.22. The van der Waals surface area contributed by atoms with Crippen LogP contribution in [0.25, 0.3) is 0 Å². The Morgan fingerprint density at radius 1 is 1.16 bits per heavy atom. The van der Waals surface area contributed by atoms with E-state index in [-0.39, 0.29) is 0 Å². The fourth-order valence-electron chi connectivity index (χ4n) is 1.67. The van der Waals surface area contributed by atoms with Crippen molar-refractivity contribution < 1.29 is 4.74 Å². The smallest absolute Gasteiger partial charge is 0.119 e. The van der Waals surface area contributed by atoms with Crippen molar-refractivity contribution in [3.63, 3.8) is 0 Å². The van der Waals surface area contributed by atoms with E-state index in [2.05, 4.69) is 46.3 Å². The summed E-state index contributed by atoms with van der Waals surface area (Å²) in [7, 11) is 1.69. The van der Waals surface area contributed by atoms with Gasteiger partial charge in [0.05, 0.1) is 7.11 Å². The second-order valence-corrected chi connectivity index (χ2v) is 6.00. The highest BCUT2D eigenvalue weighted by atomic mass is 79.9. The highest BCUT2D eigenvalue weighted by Crippen LogP contribution is 2.29. The number of rotatable bonds is 5. The van der Waals surface area contributed by atoms with Gasteiger partial charge in [-0.1, -0.05) is 28.1 Å². The number of methoxy groups -OCH3 is 1. The maximum Gasteiger partial charge on any atom is 0.119 e. The third kappa shape index (κ3) is 4.00. The van der Waals surface area contributed by atoms with Crippen LogP contribution < -0.4 is 10.5 Å². The molecule has 2 aromatic rings. The van der Waals surface area contributed by atoms with Gasteiger partial charge in [-0.2, -0.15) is 0 Å². The number of nitrogens with two attached hydrogens (primary N) is 1. The van der Waals surface area contributed by atoms with Gasteiger partial charge in [-0.05, 0) is 41.5 Å². The zero-order valence-electron chi connectivity index (χ0n) is 10.7. The van der Waals surface area contributed by atoms with Crippen LogP contribution in [0, 0.1) is 0 Å². The standard InChI is InChI=1S/C15H16BrNOS/c1-18-13-4-7-15(16)12(8-13)10-19-14-5-2-11(9-17)3-6-14/h2-8H,9-10,17H2,1H3. The van der Waals surface area contributed by atoms with Gasteiger partial charge in [0, 0.05) is 21.7 Å². The topological polar surface area (TPSA) is 35.2 Å². The van der Waals surface area contributed by atoms with Crippen molar-refractivity contribution in [2.24, 2.45) is 5.73 Å². The van der Waals surface area contributed by atoms with Crippen molar-refractivity contribution in [2.75, 3.05) is 7.11 Å². The number of hydrogen-bond donors (Lipinski definition) is 1. The summed E-state index contributed by atoms with van der Waals surface area (Å²) < 4.78 is 6.36. The molecule has 0 amide bonds. The average molecular weight is 338 g/mol. The van der Waals surface area contributed by atoms with Gasteiger partial charge < -0.3 is 10.5 Å². The molecule has 2 aromatic carbocycles. The summed E-state index contributed by atoms with van der Waals surface area (Å²) in [6.07, 6.45) is 0. The molecule has 0 spiro atoms. The molecule has 0 fully saturated rings. The first-order valence-electron chi connectivity index (χ1n) is 5.97. The minimum Gasteiger partial charge on any atom is -0.497 e. The molecule has 0 heterocycles. The first-order valence-corrected chi connectivity index (χ1v) is 7.75. The Labute approximate surface area is 126 Å². The van der Waals surface area contributed by atoms with Gasteiger partial charge in [-0.15, -0.1) is 11.8 Å². The second-order valence-electron chi connectivity index (χ2n) is 4.09. The van der Waals surface area contributed by atoms with E-state index in [9.17, 15) is 0 Å². The van der Waals surface area contributed by atoms with Gasteiger partial charge in [-0.25, -0.2) is 0 Å². The molecule has 0 atom stereocenters. The number of halogens is 1. The molecule has 19 heavy (non-hydrogen) atoms. The van der Waals surface area contributed by atoms with Crippen molar-refractivity contribution in [1.29, 1.82) is 0 Å². The van der Waals surface area contributed by atoms with Gasteiger partial charge in [0.25, 0.3) is 0 Å². The third-order valence-electron chi connectivity index (χ3n) is 2.81. The van der Waals surface area contributed by atoms with Crippen LogP contribution in [-0.4, -0.2) is 7.11 Å². The Morgan fingerprint density at radius 2 is 1.89 bits per heavy atom. The maximum atomic E-state index is 5.59. The predicted molar refractivity (Wildman–Crippen MR) is 84.6 cm³/mol. The van der Waals surface area contributed by atoms with Crippen LogP contribution in [0.2, 0.25) is 0 Å². The molecule has 0 aromatic heterocycles. The number of thioether (sulfide) groups is 1. The minimum absolute atomic E-state index is 0.590. The van der Waals surface area contributed by atoms with Crippen molar-refractivity contribution in [3.8, 4) is 5.75 Å². The van der Waals surface area contributed by atoms with E-state index in [0.717, 1.165) is 21.5 Å². The van der Waals surface area contributed by atoms with Gasteiger partial charge in [-0.3, -0.25) is 0 Å². The molecule has 0 bridgehead atoms. The lowest BCUT2D eigenvalue weighted by Gasteiger charge is -2.07. The van der Waals surface area contributed by atoms with Crippen LogP contribution in [0.4, 0.5) is 0 Å². The lowest BCUT2D eigenvalue weighted by molar-refractivity contribution is 0.414. The quantitative estimate of drug-likeness (QED) is 0.830. The number of hydrogen-bond acceptors (Lipinski definition) is 3. The Balaban J connectivity index is 2.05. The largest absolute Gasteiger partial charge is 0.497 e. The van der Waals surface area contributed by atoms with Crippen LogP contribution in [-0.2, 0) is 12.3 Å². The van der Waals surface area contributed by atoms with Crippen LogP contribution in [0.5, 0.6) is 5.75 Å². The minimum atomic E-state index is 0.590. The summed E-state index contributed by atoms with van der Waals surface area (Å²) in [6, 6.07) is 14.4. The van der Waals surface area contributed by atoms with E-state index < -0.39 is 0 Å². The lowest BCUT2D eigenvalue weighted by atomic mass is 10.2. The lowest BCUT2D eigenvalue weighted by Crippen LogP contribution is -1.95. The Morgan fingerprint density at radius 3 is 2.53 bits per heavy atom. The summed E-state index contributed by atoms with van der Waals surface area (Å²) in [6.45, 7) is 0.590. The molecular weight excluding hydrogens is 322 g/mol.